The molecule has 0 unspecified atom stereocenters. The summed E-state index contributed by atoms with van der Waals surface area (Å²) in [5.41, 5.74) is 6.14. The molecule has 0 bridgehead atoms. The lowest BCUT2D eigenvalue weighted by molar-refractivity contribution is 0.187. The molecule has 3 N–H and O–H groups in total. The third kappa shape index (κ3) is 1.51. The van der Waals surface area contributed by atoms with Crippen LogP contribution < -0.4 is 5.73 Å². The van der Waals surface area contributed by atoms with E-state index in [0.717, 1.165) is 5.56 Å². The van der Waals surface area contributed by atoms with Crippen LogP contribution in [-0.4, -0.2) is 11.7 Å². The topological polar surface area (TPSA) is 46.2 Å². The Bertz CT molecular complexity index is 162. The van der Waals surface area contributed by atoms with Crippen LogP contribution in [-0.2, 0) is 0 Å². The third-order valence-electron chi connectivity index (χ3n) is 1.15. The quantitative estimate of drug-likeness (QED) is 0.641. The van der Waals surface area contributed by atoms with E-state index in [1.54, 1.807) is 11.3 Å². The van der Waals surface area contributed by atoms with Gasteiger partial charge in [-0.25, -0.2) is 0 Å². The van der Waals surface area contributed by atoms with E-state index in [1.807, 2.05) is 16.8 Å². The van der Waals surface area contributed by atoms with Crippen LogP contribution >= 0.6 is 11.3 Å². The van der Waals surface area contributed by atoms with Crippen molar-refractivity contribution in [3.8, 4) is 0 Å². The maximum Gasteiger partial charge on any atom is 0.0920 e. The van der Waals surface area contributed by atoms with E-state index in [-0.39, 0.29) is 0 Å². The van der Waals surface area contributed by atoms with Crippen molar-refractivity contribution in [3.63, 3.8) is 0 Å². The Balaban J connectivity index is 2.65. The van der Waals surface area contributed by atoms with Gasteiger partial charge in [-0.05, 0) is 22.4 Å². The molecule has 0 aliphatic rings. The lowest BCUT2D eigenvalue weighted by Gasteiger charge is -2.01. The predicted octanol–water partition coefficient (Wildman–Crippen LogP) is 0.740. The first-order valence-electron chi connectivity index (χ1n) is 2.75. The Hall–Kier alpha value is -0.380. The van der Waals surface area contributed by atoms with Gasteiger partial charge in [0.1, 0.15) is 0 Å². The number of hydrogen-bond donors (Lipinski definition) is 2. The van der Waals surface area contributed by atoms with Crippen LogP contribution in [0.25, 0.3) is 0 Å². The molecule has 0 amide bonds. The molecule has 1 atom stereocenters. The van der Waals surface area contributed by atoms with Crippen molar-refractivity contribution >= 4 is 11.3 Å². The van der Waals surface area contributed by atoms with Gasteiger partial charge in [-0.1, -0.05) is 0 Å². The van der Waals surface area contributed by atoms with Gasteiger partial charge in [0, 0.05) is 6.54 Å². The molecule has 50 valence electrons. The highest BCUT2D eigenvalue weighted by Gasteiger charge is 2.02. The number of aliphatic hydroxyl groups is 1. The molecule has 1 rings (SSSR count). The largest absolute Gasteiger partial charge is 0.387 e. The Morgan fingerprint density at radius 3 is 3.00 bits per heavy atom. The fraction of sp³-hybridized carbons (Fsp3) is 0.333. The molecule has 3 heteroatoms. The van der Waals surface area contributed by atoms with Crippen molar-refractivity contribution < 1.29 is 5.11 Å². The average molecular weight is 143 g/mol. The van der Waals surface area contributed by atoms with E-state index in [2.05, 4.69) is 0 Å². The number of aliphatic hydroxyl groups excluding tert-OH is 1. The minimum Gasteiger partial charge on any atom is -0.387 e. The minimum atomic E-state index is -0.476. The summed E-state index contributed by atoms with van der Waals surface area (Å²) in [7, 11) is 0. The fourth-order valence-electron chi connectivity index (χ4n) is 0.601. The van der Waals surface area contributed by atoms with Crippen molar-refractivity contribution in [2.45, 2.75) is 6.10 Å². The second kappa shape index (κ2) is 2.96. The van der Waals surface area contributed by atoms with Crippen LogP contribution in [0.3, 0.4) is 0 Å². The smallest absolute Gasteiger partial charge is 0.0920 e. The highest BCUT2D eigenvalue weighted by atomic mass is 32.1. The normalized spacial score (nSPS) is 13.6. The first-order chi connectivity index (χ1) is 4.34. The second-order valence-electron chi connectivity index (χ2n) is 1.81. The van der Waals surface area contributed by atoms with Crippen molar-refractivity contribution in [2.75, 3.05) is 6.54 Å². The Kier molecular flexibility index (Phi) is 2.22. The molecule has 0 fully saturated rings. The molecule has 0 radical (unpaired) electrons. The second-order valence-corrected chi connectivity index (χ2v) is 2.59. The Morgan fingerprint density at radius 2 is 2.56 bits per heavy atom. The summed E-state index contributed by atoms with van der Waals surface area (Å²) in [5.74, 6) is 0. The predicted molar refractivity (Wildman–Crippen MR) is 38.3 cm³/mol. The first kappa shape index (κ1) is 6.74. The lowest BCUT2D eigenvalue weighted by Crippen LogP contribution is -2.10. The number of nitrogens with two attached hydrogens (primary N) is 1. The van der Waals surface area contributed by atoms with E-state index < -0.39 is 6.10 Å². The van der Waals surface area contributed by atoms with E-state index in [1.165, 1.54) is 0 Å². The Labute approximate surface area is 57.9 Å². The van der Waals surface area contributed by atoms with Gasteiger partial charge in [-0.15, -0.1) is 0 Å². The lowest BCUT2D eigenvalue weighted by atomic mass is 10.2. The van der Waals surface area contributed by atoms with Gasteiger partial charge in [0.2, 0.25) is 0 Å². The summed E-state index contributed by atoms with van der Waals surface area (Å²) < 4.78 is 0. The van der Waals surface area contributed by atoms with E-state index in [0.29, 0.717) is 6.54 Å². The summed E-state index contributed by atoms with van der Waals surface area (Å²) in [6.45, 7) is 0.302. The number of thiophene rings is 1. The van der Waals surface area contributed by atoms with Gasteiger partial charge in [-0.3, -0.25) is 0 Å². The molecule has 0 spiro atoms. The zero-order valence-electron chi connectivity index (χ0n) is 4.95. The number of hydrogen-bond acceptors (Lipinski definition) is 3. The van der Waals surface area contributed by atoms with Gasteiger partial charge in [0.05, 0.1) is 6.10 Å². The highest BCUT2D eigenvalue weighted by molar-refractivity contribution is 7.07. The number of rotatable bonds is 2. The van der Waals surface area contributed by atoms with Crippen LogP contribution in [0.15, 0.2) is 16.8 Å². The van der Waals surface area contributed by atoms with Crippen molar-refractivity contribution in [1.29, 1.82) is 0 Å². The third-order valence-corrected chi connectivity index (χ3v) is 1.85. The van der Waals surface area contributed by atoms with Crippen LogP contribution in [0.2, 0.25) is 0 Å². The van der Waals surface area contributed by atoms with E-state index in [4.69, 9.17) is 10.8 Å². The van der Waals surface area contributed by atoms with Crippen LogP contribution in [0.5, 0.6) is 0 Å². The maximum atomic E-state index is 9.10. The first-order valence-corrected chi connectivity index (χ1v) is 3.69. The van der Waals surface area contributed by atoms with Crippen LogP contribution in [0.4, 0.5) is 0 Å². The van der Waals surface area contributed by atoms with Crippen molar-refractivity contribution in [1.82, 2.24) is 0 Å². The zero-order valence-corrected chi connectivity index (χ0v) is 5.77. The van der Waals surface area contributed by atoms with Gasteiger partial charge >= 0.3 is 0 Å². The van der Waals surface area contributed by atoms with Crippen LogP contribution in [0, 0.1) is 0 Å². The molecule has 0 aliphatic carbocycles. The fourth-order valence-corrected chi connectivity index (χ4v) is 1.31. The molecule has 1 aromatic rings. The summed E-state index contributed by atoms with van der Waals surface area (Å²) >= 11 is 1.57. The van der Waals surface area contributed by atoms with Crippen LogP contribution in [0.1, 0.15) is 11.7 Å². The maximum absolute atomic E-state index is 9.10. The summed E-state index contributed by atoms with van der Waals surface area (Å²) in [5, 5.41) is 12.9. The molecule has 0 saturated heterocycles. The molecule has 0 saturated carbocycles. The molecular formula is C6H9NOS. The zero-order chi connectivity index (χ0) is 6.69. The summed E-state index contributed by atoms with van der Waals surface area (Å²) in [6, 6.07) is 1.88. The average Bonchev–Trinajstić information content (AvgIpc) is 2.37. The van der Waals surface area contributed by atoms with Gasteiger partial charge in [0.25, 0.3) is 0 Å². The molecular weight excluding hydrogens is 134 g/mol. The van der Waals surface area contributed by atoms with E-state index >= 15 is 0 Å². The van der Waals surface area contributed by atoms with Gasteiger partial charge in [0.15, 0.2) is 0 Å². The van der Waals surface area contributed by atoms with Gasteiger partial charge < -0.3 is 10.8 Å². The van der Waals surface area contributed by atoms with E-state index in [9.17, 15) is 0 Å². The molecule has 0 aromatic carbocycles. The molecule has 9 heavy (non-hydrogen) atoms. The summed E-state index contributed by atoms with van der Waals surface area (Å²) in [6.07, 6.45) is -0.476. The molecule has 0 aliphatic heterocycles. The molecule has 2 nitrogen and oxygen atoms in total. The SMILES string of the molecule is NC[C@@H](O)c1ccsc1. The van der Waals surface area contributed by atoms with Crippen molar-refractivity contribution in [3.05, 3.63) is 22.4 Å². The molecule has 1 heterocycles. The standard InChI is InChI=1S/C6H9NOS/c7-3-6(8)5-1-2-9-4-5/h1-2,4,6,8H,3,7H2/t6-/m1/s1. The van der Waals surface area contributed by atoms with Crippen molar-refractivity contribution in [2.24, 2.45) is 5.73 Å². The summed E-state index contributed by atoms with van der Waals surface area (Å²) in [4.78, 5) is 0. The van der Waals surface area contributed by atoms with Gasteiger partial charge in [-0.2, -0.15) is 11.3 Å². The monoisotopic (exact) mass is 143 g/mol. The minimum absolute atomic E-state index is 0.302. The molecule has 1 aromatic heterocycles. The highest BCUT2D eigenvalue weighted by Crippen LogP contribution is 2.13. The Morgan fingerprint density at radius 1 is 1.78 bits per heavy atom.